The fraction of sp³-hybridized carbons (Fsp3) is 0.0667. The van der Waals surface area contributed by atoms with Crippen LogP contribution in [0.3, 0.4) is 0 Å². The molecule has 0 aliphatic heterocycles. The Morgan fingerprint density at radius 2 is 1.96 bits per heavy atom. The number of benzene rings is 2. The van der Waals surface area contributed by atoms with Crippen molar-refractivity contribution in [1.29, 1.82) is 0 Å². The minimum absolute atomic E-state index is 0.142. The number of tetrazole rings is 1. The molecule has 10 heteroatoms. The molecule has 6 nitrogen and oxygen atoms in total. The van der Waals surface area contributed by atoms with Gasteiger partial charge in [0.2, 0.25) is 0 Å². The van der Waals surface area contributed by atoms with Crippen LogP contribution in [0.5, 0.6) is 0 Å². The van der Waals surface area contributed by atoms with E-state index in [1.54, 1.807) is 12.1 Å². The van der Waals surface area contributed by atoms with E-state index >= 15 is 0 Å². The van der Waals surface area contributed by atoms with Gasteiger partial charge in [-0.1, -0.05) is 17.7 Å². The van der Waals surface area contributed by atoms with Gasteiger partial charge >= 0.3 is 6.18 Å². The average molecular weight is 368 g/mol. The number of aromatic nitrogens is 4. The molecule has 2 N–H and O–H groups in total. The fourth-order valence-electron chi connectivity index (χ4n) is 2.13. The molecule has 2 aromatic carbocycles. The maximum Gasteiger partial charge on any atom is 0.416 e. The van der Waals surface area contributed by atoms with Crippen LogP contribution in [0.4, 0.5) is 18.9 Å². The molecule has 0 radical (unpaired) electrons. The standard InChI is InChI=1S/C15H9ClF3N5O/c16-10-4-5-11(13-21-23-24-22-13)12(7-10)20-14(25)8-2-1-3-9(6-8)15(17,18)19/h1-7H,(H,20,25)(H,21,22,23,24). The second kappa shape index (κ2) is 6.52. The van der Waals surface area contributed by atoms with E-state index in [4.69, 9.17) is 11.6 Å². The first kappa shape index (κ1) is 16.9. The lowest BCUT2D eigenvalue weighted by molar-refractivity contribution is -0.137. The first-order valence-corrected chi connectivity index (χ1v) is 7.24. The highest BCUT2D eigenvalue weighted by molar-refractivity contribution is 6.31. The van der Waals surface area contributed by atoms with E-state index in [-0.39, 0.29) is 17.1 Å². The molecule has 25 heavy (non-hydrogen) atoms. The third kappa shape index (κ3) is 3.77. The van der Waals surface area contributed by atoms with Crippen LogP contribution in [0.15, 0.2) is 42.5 Å². The zero-order valence-electron chi connectivity index (χ0n) is 12.3. The first-order chi connectivity index (χ1) is 11.8. The van der Waals surface area contributed by atoms with Crippen molar-refractivity contribution in [3.05, 3.63) is 58.6 Å². The smallest absolute Gasteiger partial charge is 0.321 e. The summed E-state index contributed by atoms with van der Waals surface area (Å²) in [5, 5.41) is 16.0. The molecule has 0 atom stereocenters. The molecule has 3 aromatic rings. The number of rotatable bonds is 3. The van der Waals surface area contributed by atoms with Crippen molar-refractivity contribution in [2.45, 2.75) is 6.18 Å². The molecule has 0 spiro atoms. The van der Waals surface area contributed by atoms with Crippen molar-refractivity contribution >= 4 is 23.2 Å². The number of hydrogen-bond donors (Lipinski definition) is 2. The molecule has 0 aliphatic rings. The van der Waals surface area contributed by atoms with Crippen molar-refractivity contribution in [2.75, 3.05) is 5.32 Å². The zero-order valence-corrected chi connectivity index (χ0v) is 13.1. The number of anilines is 1. The minimum atomic E-state index is -4.54. The summed E-state index contributed by atoms with van der Waals surface area (Å²) in [6, 6.07) is 8.70. The molecule has 1 amide bonds. The van der Waals surface area contributed by atoms with Crippen LogP contribution in [0.25, 0.3) is 11.4 Å². The lowest BCUT2D eigenvalue weighted by Gasteiger charge is -2.11. The lowest BCUT2D eigenvalue weighted by atomic mass is 10.1. The zero-order chi connectivity index (χ0) is 18.0. The molecule has 1 heterocycles. The van der Waals surface area contributed by atoms with E-state index in [0.29, 0.717) is 10.6 Å². The number of hydrogen-bond acceptors (Lipinski definition) is 4. The van der Waals surface area contributed by atoms with Gasteiger partial charge in [0.25, 0.3) is 5.91 Å². The average Bonchev–Trinajstić information content (AvgIpc) is 3.08. The van der Waals surface area contributed by atoms with Crippen molar-refractivity contribution in [3.8, 4) is 11.4 Å². The van der Waals surface area contributed by atoms with E-state index in [2.05, 4.69) is 25.9 Å². The van der Waals surface area contributed by atoms with Crippen molar-refractivity contribution in [3.63, 3.8) is 0 Å². The summed E-state index contributed by atoms with van der Waals surface area (Å²) in [5.74, 6) is -0.446. The highest BCUT2D eigenvalue weighted by Gasteiger charge is 2.31. The van der Waals surface area contributed by atoms with Crippen LogP contribution in [-0.2, 0) is 6.18 Å². The molecule has 0 unspecified atom stereocenters. The van der Waals surface area contributed by atoms with Crippen LogP contribution in [0.1, 0.15) is 15.9 Å². The van der Waals surface area contributed by atoms with Crippen LogP contribution in [0, 0.1) is 0 Å². The van der Waals surface area contributed by atoms with Crippen molar-refractivity contribution in [1.82, 2.24) is 20.6 Å². The monoisotopic (exact) mass is 367 g/mol. The molecule has 128 valence electrons. The van der Waals surface area contributed by atoms with Gasteiger partial charge in [0.1, 0.15) is 0 Å². The maximum atomic E-state index is 12.8. The summed E-state index contributed by atoms with van der Waals surface area (Å²) in [5.41, 5.74) is -0.356. The Bertz CT molecular complexity index is 912. The molecule has 3 rings (SSSR count). The lowest BCUT2D eigenvalue weighted by Crippen LogP contribution is -2.14. The van der Waals surface area contributed by atoms with E-state index < -0.39 is 17.6 Å². The highest BCUT2D eigenvalue weighted by Crippen LogP contribution is 2.31. The molecule has 0 bridgehead atoms. The normalized spacial score (nSPS) is 11.4. The summed E-state index contributed by atoms with van der Waals surface area (Å²) >= 11 is 5.93. The number of amides is 1. The third-order valence-corrected chi connectivity index (χ3v) is 3.52. The topological polar surface area (TPSA) is 83.6 Å². The third-order valence-electron chi connectivity index (χ3n) is 3.28. The second-order valence-corrected chi connectivity index (χ2v) is 5.41. The Labute approximate surface area is 144 Å². The summed E-state index contributed by atoms with van der Waals surface area (Å²) in [7, 11) is 0. The number of H-pyrrole nitrogens is 1. The predicted octanol–water partition coefficient (Wildman–Crippen LogP) is 3.79. The summed E-state index contributed by atoms with van der Waals surface area (Å²) in [4.78, 5) is 12.3. The highest BCUT2D eigenvalue weighted by atomic mass is 35.5. The molecule has 0 saturated carbocycles. The number of nitrogens with zero attached hydrogens (tertiary/aromatic N) is 3. The number of carbonyl (C=O) groups is 1. The number of alkyl halides is 3. The van der Waals surface area contributed by atoms with E-state index in [1.165, 1.54) is 12.1 Å². The van der Waals surface area contributed by atoms with E-state index in [0.717, 1.165) is 18.2 Å². The molecular weight excluding hydrogens is 359 g/mol. The van der Waals surface area contributed by atoms with E-state index in [1.807, 2.05) is 0 Å². The van der Waals surface area contributed by atoms with Gasteiger partial charge in [-0.05, 0) is 46.8 Å². The van der Waals surface area contributed by atoms with Crippen molar-refractivity contribution in [2.24, 2.45) is 0 Å². The molecule has 0 saturated heterocycles. The maximum absolute atomic E-state index is 12.8. The predicted molar refractivity (Wildman–Crippen MR) is 84.0 cm³/mol. The number of nitrogens with one attached hydrogen (secondary N) is 2. The van der Waals surface area contributed by atoms with Gasteiger partial charge in [0.15, 0.2) is 5.82 Å². The SMILES string of the molecule is O=C(Nc1cc(Cl)ccc1-c1nnn[nH]1)c1cccc(C(F)(F)F)c1. The summed E-state index contributed by atoms with van der Waals surface area (Å²) < 4.78 is 38.4. The Kier molecular flexibility index (Phi) is 4.41. The second-order valence-electron chi connectivity index (χ2n) is 4.97. The van der Waals surface area contributed by atoms with Gasteiger partial charge in [-0.3, -0.25) is 4.79 Å². The van der Waals surface area contributed by atoms with Crippen molar-refractivity contribution < 1.29 is 18.0 Å². The number of halogens is 4. The van der Waals surface area contributed by atoms with Crippen LogP contribution in [-0.4, -0.2) is 26.5 Å². The van der Waals surface area contributed by atoms with E-state index in [9.17, 15) is 18.0 Å². The Morgan fingerprint density at radius 3 is 2.64 bits per heavy atom. The molecule has 0 fully saturated rings. The van der Waals surface area contributed by atoms with Crippen LogP contribution < -0.4 is 5.32 Å². The van der Waals surface area contributed by atoms with Crippen LogP contribution >= 0.6 is 11.6 Å². The molecular formula is C15H9ClF3N5O. The first-order valence-electron chi connectivity index (χ1n) is 6.87. The van der Waals surface area contributed by atoms with Gasteiger partial charge in [0.05, 0.1) is 11.3 Å². The van der Waals surface area contributed by atoms with Gasteiger partial charge in [-0.2, -0.15) is 13.2 Å². The van der Waals surface area contributed by atoms with Crippen LogP contribution in [0.2, 0.25) is 5.02 Å². The Morgan fingerprint density at radius 1 is 1.16 bits per heavy atom. The Hall–Kier alpha value is -2.94. The summed E-state index contributed by atoms with van der Waals surface area (Å²) in [6.07, 6.45) is -4.54. The quantitative estimate of drug-likeness (QED) is 0.737. The molecule has 0 aliphatic carbocycles. The Balaban J connectivity index is 1.93. The van der Waals surface area contributed by atoms with Gasteiger partial charge in [-0.15, -0.1) is 5.10 Å². The van der Waals surface area contributed by atoms with Gasteiger partial charge < -0.3 is 5.32 Å². The van der Waals surface area contributed by atoms with Gasteiger partial charge in [-0.25, -0.2) is 5.10 Å². The fourth-order valence-corrected chi connectivity index (χ4v) is 2.30. The summed E-state index contributed by atoms with van der Waals surface area (Å²) in [6.45, 7) is 0. The largest absolute Gasteiger partial charge is 0.416 e. The minimum Gasteiger partial charge on any atom is -0.321 e. The number of carbonyl (C=O) groups excluding carboxylic acids is 1. The van der Waals surface area contributed by atoms with Gasteiger partial charge in [0, 0.05) is 16.1 Å². The molecule has 1 aromatic heterocycles. The number of aromatic amines is 1.